The molecule has 154 valence electrons. The van der Waals surface area contributed by atoms with Gasteiger partial charge in [-0.2, -0.15) is 0 Å². The maximum atomic E-state index is 12.6. The Balaban J connectivity index is 2.01. The molecule has 2 amide bonds. The minimum atomic E-state index is -3.13. The normalized spacial score (nSPS) is 17.9. The van der Waals surface area contributed by atoms with Crippen molar-refractivity contribution in [3.8, 4) is 0 Å². The molecule has 0 unspecified atom stereocenters. The average molecular weight is 410 g/mol. The van der Waals surface area contributed by atoms with Crippen molar-refractivity contribution in [1.82, 2.24) is 4.90 Å². The molecule has 9 heteroatoms. The molecule has 28 heavy (non-hydrogen) atoms. The van der Waals surface area contributed by atoms with Crippen LogP contribution in [0.25, 0.3) is 0 Å². The van der Waals surface area contributed by atoms with Gasteiger partial charge in [-0.3, -0.25) is 9.59 Å². The summed E-state index contributed by atoms with van der Waals surface area (Å²) in [6, 6.07) is 5.82. The minimum absolute atomic E-state index is 0.0574. The molecular formula is C19H26N2O6S. The standard InChI is InChI=1S/C19H26N2O6S/c1-13(2)10-21(17-7-8-28(25,26)12-17)18(23)11-27-19(24)15-5-4-6-16(9-15)20-14(3)22/h4-6,9,13,17H,7-8,10-12H2,1-3H3,(H,20,22)/t17-/m0/s1. The van der Waals surface area contributed by atoms with Gasteiger partial charge in [-0.1, -0.05) is 19.9 Å². The molecule has 0 bridgehead atoms. The maximum Gasteiger partial charge on any atom is 0.338 e. The third-order valence-electron chi connectivity index (χ3n) is 4.28. The lowest BCUT2D eigenvalue weighted by molar-refractivity contribution is -0.137. The number of sulfone groups is 1. The van der Waals surface area contributed by atoms with Crippen LogP contribution in [0.1, 0.15) is 37.6 Å². The second-order valence-corrected chi connectivity index (χ2v) is 9.56. The number of carbonyl (C=O) groups is 3. The van der Waals surface area contributed by atoms with E-state index in [4.69, 9.17) is 4.74 Å². The van der Waals surface area contributed by atoms with Gasteiger partial charge in [-0.05, 0) is 30.5 Å². The average Bonchev–Trinajstić information content (AvgIpc) is 2.96. The SMILES string of the molecule is CC(=O)Nc1cccc(C(=O)OCC(=O)N(CC(C)C)[C@H]2CCS(=O)(=O)C2)c1. The van der Waals surface area contributed by atoms with Gasteiger partial charge in [0.05, 0.1) is 17.1 Å². The Labute approximate surface area is 165 Å². The number of nitrogens with zero attached hydrogens (tertiary/aromatic N) is 1. The Morgan fingerprint density at radius 1 is 1.29 bits per heavy atom. The fourth-order valence-corrected chi connectivity index (χ4v) is 4.82. The largest absolute Gasteiger partial charge is 0.452 e. The molecule has 1 saturated heterocycles. The van der Waals surface area contributed by atoms with Crippen LogP contribution >= 0.6 is 0 Å². The molecule has 1 aromatic rings. The summed E-state index contributed by atoms with van der Waals surface area (Å²) >= 11 is 0. The highest BCUT2D eigenvalue weighted by Gasteiger charge is 2.35. The van der Waals surface area contributed by atoms with Crippen LogP contribution in [0, 0.1) is 5.92 Å². The highest BCUT2D eigenvalue weighted by atomic mass is 32.2. The molecule has 0 aliphatic carbocycles. The quantitative estimate of drug-likeness (QED) is 0.682. The van der Waals surface area contributed by atoms with E-state index >= 15 is 0 Å². The lowest BCUT2D eigenvalue weighted by Gasteiger charge is -2.29. The van der Waals surface area contributed by atoms with Gasteiger partial charge in [0, 0.05) is 25.2 Å². The first-order valence-corrected chi connectivity index (χ1v) is 10.9. The van der Waals surface area contributed by atoms with Crippen LogP contribution in [-0.2, 0) is 24.2 Å². The topological polar surface area (TPSA) is 110 Å². The van der Waals surface area contributed by atoms with Gasteiger partial charge < -0.3 is 15.0 Å². The first-order chi connectivity index (χ1) is 13.1. The highest BCUT2D eigenvalue weighted by Crippen LogP contribution is 2.19. The number of amides is 2. The van der Waals surface area contributed by atoms with Crippen LogP contribution in [0.15, 0.2) is 24.3 Å². The Bertz CT molecular complexity index is 850. The van der Waals surface area contributed by atoms with Crippen LogP contribution in [-0.4, -0.2) is 61.8 Å². The summed E-state index contributed by atoms with van der Waals surface area (Å²) in [6.45, 7) is 5.16. The molecule has 0 spiro atoms. The summed E-state index contributed by atoms with van der Waals surface area (Å²) < 4.78 is 28.7. The van der Waals surface area contributed by atoms with E-state index in [1.165, 1.54) is 24.0 Å². The third kappa shape index (κ3) is 6.33. The summed E-state index contributed by atoms with van der Waals surface area (Å²) in [5.74, 6) is -1.21. The minimum Gasteiger partial charge on any atom is -0.452 e. The molecule has 0 aromatic heterocycles. The Hall–Kier alpha value is -2.42. The number of carbonyl (C=O) groups excluding carboxylic acids is 3. The van der Waals surface area contributed by atoms with Crippen molar-refractivity contribution in [3.63, 3.8) is 0 Å². The first kappa shape index (κ1) is 21.9. The molecule has 1 fully saturated rings. The van der Waals surface area contributed by atoms with Crippen molar-refractivity contribution in [2.75, 3.05) is 30.0 Å². The predicted molar refractivity (Wildman–Crippen MR) is 105 cm³/mol. The number of benzene rings is 1. The molecule has 2 rings (SSSR count). The van der Waals surface area contributed by atoms with Gasteiger partial charge in [0.25, 0.3) is 5.91 Å². The third-order valence-corrected chi connectivity index (χ3v) is 6.03. The van der Waals surface area contributed by atoms with Crippen molar-refractivity contribution >= 4 is 33.3 Å². The van der Waals surface area contributed by atoms with Crippen LogP contribution in [0.5, 0.6) is 0 Å². The summed E-state index contributed by atoms with van der Waals surface area (Å²) in [5, 5.41) is 2.57. The maximum absolute atomic E-state index is 12.6. The summed E-state index contributed by atoms with van der Waals surface area (Å²) in [4.78, 5) is 37.5. The van der Waals surface area contributed by atoms with Gasteiger partial charge in [0.15, 0.2) is 16.4 Å². The van der Waals surface area contributed by atoms with Crippen LogP contribution in [0.2, 0.25) is 0 Å². The van der Waals surface area contributed by atoms with E-state index in [-0.39, 0.29) is 34.9 Å². The molecule has 1 heterocycles. The van der Waals surface area contributed by atoms with Gasteiger partial charge in [-0.15, -0.1) is 0 Å². The second kappa shape index (κ2) is 9.18. The molecule has 1 aromatic carbocycles. The van der Waals surface area contributed by atoms with Gasteiger partial charge in [0.2, 0.25) is 5.91 Å². The van der Waals surface area contributed by atoms with Crippen molar-refractivity contribution in [3.05, 3.63) is 29.8 Å². The molecule has 1 aliphatic heterocycles. The second-order valence-electron chi connectivity index (χ2n) is 7.33. The van der Waals surface area contributed by atoms with E-state index in [1.807, 2.05) is 13.8 Å². The number of anilines is 1. The summed E-state index contributed by atoms with van der Waals surface area (Å²) in [6.07, 6.45) is 0.396. The molecule has 0 radical (unpaired) electrons. The summed E-state index contributed by atoms with van der Waals surface area (Å²) in [5.41, 5.74) is 0.656. The van der Waals surface area contributed by atoms with Gasteiger partial charge >= 0.3 is 5.97 Å². The van der Waals surface area contributed by atoms with Crippen LogP contribution in [0.3, 0.4) is 0 Å². The lowest BCUT2D eigenvalue weighted by Crippen LogP contribution is -2.45. The number of esters is 1. The van der Waals surface area contributed by atoms with Crippen molar-refractivity contribution in [1.29, 1.82) is 0 Å². The number of ether oxygens (including phenoxy) is 1. The molecule has 1 N–H and O–H groups in total. The van der Waals surface area contributed by atoms with Crippen molar-refractivity contribution < 1.29 is 27.5 Å². The Morgan fingerprint density at radius 3 is 2.57 bits per heavy atom. The molecule has 8 nitrogen and oxygen atoms in total. The first-order valence-electron chi connectivity index (χ1n) is 9.12. The van der Waals surface area contributed by atoms with E-state index in [0.29, 0.717) is 18.7 Å². The van der Waals surface area contributed by atoms with Gasteiger partial charge in [-0.25, -0.2) is 13.2 Å². The fraction of sp³-hybridized carbons (Fsp3) is 0.526. The fourth-order valence-electron chi connectivity index (χ4n) is 3.09. The zero-order valence-electron chi connectivity index (χ0n) is 16.3. The van der Waals surface area contributed by atoms with Crippen molar-refractivity contribution in [2.45, 2.75) is 33.2 Å². The number of nitrogens with one attached hydrogen (secondary N) is 1. The molecule has 0 saturated carbocycles. The number of rotatable bonds is 7. The van der Waals surface area contributed by atoms with Crippen LogP contribution in [0.4, 0.5) is 5.69 Å². The zero-order chi connectivity index (χ0) is 20.9. The number of hydrogen-bond donors (Lipinski definition) is 1. The van der Waals surface area contributed by atoms with Crippen LogP contribution < -0.4 is 5.32 Å². The van der Waals surface area contributed by atoms with E-state index < -0.39 is 28.3 Å². The molecular weight excluding hydrogens is 384 g/mol. The Morgan fingerprint density at radius 2 is 2.00 bits per heavy atom. The zero-order valence-corrected chi connectivity index (χ0v) is 17.1. The predicted octanol–water partition coefficient (Wildman–Crippen LogP) is 1.47. The summed E-state index contributed by atoms with van der Waals surface area (Å²) in [7, 11) is -3.13. The monoisotopic (exact) mass is 410 g/mol. The highest BCUT2D eigenvalue weighted by molar-refractivity contribution is 7.91. The smallest absolute Gasteiger partial charge is 0.338 e. The van der Waals surface area contributed by atoms with Crippen molar-refractivity contribution in [2.24, 2.45) is 5.92 Å². The molecule has 1 atom stereocenters. The van der Waals surface area contributed by atoms with E-state index in [0.717, 1.165) is 0 Å². The van der Waals surface area contributed by atoms with E-state index in [9.17, 15) is 22.8 Å². The lowest BCUT2D eigenvalue weighted by atomic mass is 10.1. The molecule has 1 aliphatic rings. The van der Waals surface area contributed by atoms with E-state index in [2.05, 4.69) is 5.32 Å². The Kier molecular flexibility index (Phi) is 7.17. The number of hydrogen-bond acceptors (Lipinski definition) is 6. The van der Waals surface area contributed by atoms with E-state index in [1.54, 1.807) is 12.1 Å². The van der Waals surface area contributed by atoms with Gasteiger partial charge in [0.1, 0.15) is 0 Å².